The van der Waals surface area contributed by atoms with E-state index in [-0.39, 0.29) is 6.09 Å². The number of carbonyl (C=O) groups excluding carboxylic acids is 1. The van der Waals surface area contributed by atoms with E-state index in [1.807, 2.05) is 0 Å². The third-order valence-corrected chi connectivity index (χ3v) is 2.05. The average molecular weight is 187 g/mol. The van der Waals surface area contributed by atoms with Crippen LogP contribution in [-0.4, -0.2) is 41.4 Å². The molecule has 0 radical (unpaired) electrons. The number of aliphatic hydroxyl groups is 1. The van der Waals surface area contributed by atoms with Crippen molar-refractivity contribution < 1.29 is 14.6 Å². The van der Waals surface area contributed by atoms with Crippen LogP contribution in [0.2, 0.25) is 0 Å². The van der Waals surface area contributed by atoms with E-state index in [1.54, 1.807) is 18.7 Å². The fourth-order valence-electron chi connectivity index (χ4n) is 1.21. The third-order valence-electron chi connectivity index (χ3n) is 2.05. The zero-order chi connectivity index (χ0) is 9.90. The van der Waals surface area contributed by atoms with Gasteiger partial charge in [-0.3, -0.25) is 0 Å². The molecule has 4 nitrogen and oxygen atoms in total. The quantitative estimate of drug-likeness (QED) is 0.716. The first-order chi connectivity index (χ1) is 5.99. The van der Waals surface area contributed by atoms with Crippen molar-refractivity contribution in [3.8, 4) is 0 Å². The lowest BCUT2D eigenvalue weighted by Crippen LogP contribution is -2.40. The number of carbonyl (C=O) groups is 1. The van der Waals surface area contributed by atoms with Crippen LogP contribution in [-0.2, 0) is 4.74 Å². The highest BCUT2D eigenvalue weighted by Crippen LogP contribution is 2.11. The van der Waals surface area contributed by atoms with Gasteiger partial charge in [-0.15, -0.1) is 0 Å². The monoisotopic (exact) mass is 187 g/mol. The first kappa shape index (κ1) is 10.3. The Morgan fingerprint density at radius 3 is 2.85 bits per heavy atom. The van der Waals surface area contributed by atoms with Crippen LogP contribution in [0, 0.1) is 0 Å². The van der Waals surface area contributed by atoms with Gasteiger partial charge < -0.3 is 14.7 Å². The summed E-state index contributed by atoms with van der Waals surface area (Å²) in [5, 5.41) is 9.46. The molecule has 1 aliphatic rings. The summed E-state index contributed by atoms with van der Waals surface area (Å²) in [5.74, 6) is 0. The van der Waals surface area contributed by atoms with E-state index in [4.69, 9.17) is 4.74 Å². The zero-order valence-corrected chi connectivity index (χ0v) is 8.25. The highest BCUT2D eigenvalue weighted by molar-refractivity contribution is 5.68. The summed E-state index contributed by atoms with van der Waals surface area (Å²) < 4.78 is 4.86. The third kappa shape index (κ3) is 3.63. The van der Waals surface area contributed by atoms with Gasteiger partial charge >= 0.3 is 6.09 Å². The summed E-state index contributed by atoms with van der Waals surface area (Å²) in [5.41, 5.74) is -0.711. The largest absolute Gasteiger partial charge is 0.449 e. The second kappa shape index (κ2) is 3.96. The van der Waals surface area contributed by atoms with Gasteiger partial charge in [0.1, 0.15) is 0 Å². The number of cyclic esters (lactones) is 1. The molecule has 4 heteroatoms. The van der Waals surface area contributed by atoms with Crippen molar-refractivity contribution in [2.45, 2.75) is 32.3 Å². The lowest BCUT2D eigenvalue weighted by atomic mass is 10.1. The molecule has 0 spiro atoms. The molecule has 1 N–H and O–H groups in total. The highest BCUT2D eigenvalue weighted by Gasteiger charge is 2.22. The predicted molar refractivity (Wildman–Crippen MR) is 48.5 cm³/mol. The van der Waals surface area contributed by atoms with Gasteiger partial charge in [-0.2, -0.15) is 0 Å². The Balaban J connectivity index is 2.31. The average Bonchev–Trinajstić information content (AvgIpc) is 2.01. The van der Waals surface area contributed by atoms with E-state index in [0.29, 0.717) is 19.6 Å². The molecular formula is C9H17NO3. The Morgan fingerprint density at radius 1 is 1.62 bits per heavy atom. The molecule has 0 aliphatic carbocycles. The summed E-state index contributed by atoms with van der Waals surface area (Å²) in [6.07, 6.45) is 1.22. The van der Waals surface area contributed by atoms with Gasteiger partial charge in [0, 0.05) is 13.1 Å². The normalized spacial score (nSPS) is 18.7. The maximum Gasteiger partial charge on any atom is 0.409 e. The molecule has 1 amide bonds. The van der Waals surface area contributed by atoms with Crippen LogP contribution < -0.4 is 0 Å². The van der Waals surface area contributed by atoms with Gasteiger partial charge in [-0.25, -0.2) is 4.79 Å². The van der Waals surface area contributed by atoms with E-state index in [0.717, 1.165) is 13.0 Å². The lowest BCUT2D eigenvalue weighted by Gasteiger charge is -2.28. The molecule has 0 aromatic carbocycles. The summed E-state index contributed by atoms with van der Waals surface area (Å²) in [6, 6.07) is 0. The van der Waals surface area contributed by atoms with Gasteiger partial charge in [0.05, 0.1) is 12.2 Å². The summed E-state index contributed by atoms with van der Waals surface area (Å²) >= 11 is 0. The SMILES string of the molecule is CC(C)(O)CCN1CCCOC1=O. The van der Waals surface area contributed by atoms with Crippen LogP contribution in [0.25, 0.3) is 0 Å². The summed E-state index contributed by atoms with van der Waals surface area (Å²) in [6.45, 7) is 5.32. The standard InChI is InChI=1S/C9H17NO3/c1-9(2,12)4-6-10-5-3-7-13-8(10)11/h12H,3-7H2,1-2H3. The molecule has 0 atom stereocenters. The molecule has 13 heavy (non-hydrogen) atoms. The topological polar surface area (TPSA) is 49.8 Å². The van der Waals surface area contributed by atoms with Gasteiger partial charge in [0.2, 0.25) is 0 Å². The minimum absolute atomic E-state index is 0.254. The Kier molecular flexibility index (Phi) is 3.14. The van der Waals surface area contributed by atoms with E-state index >= 15 is 0 Å². The van der Waals surface area contributed by atoms with Crippen molar-refractivity contribution >= 4 is 6.09 Å². The smallest absolute Gasteiger partial charge is 0.409 e. The molecule has 0 aromatic rings. The molecule has 1 fully saturated rings. The minimum Gasteiger partial charge on any atom is -0.449 e. The van der Waals surface area contributed by atoms with Crippen LogP contribution >= 0.6 is 0 Å². The number of hydrogen-bond acceptors (Lipinski definition) is 3. The Morgan fingerprint density at radius 2 is 2.31 bits per heavy atom. The number of ether oxygens (including phenoxy) is 1. The first-order valence-corrected chi connectivity index (χ1v) is 4.63. The maximum absolute atomic E-state index is 11.1. The Labute approximate surface area is 78.5 Å². The summed E-state index contributed by atoms with van der Waals surface area (Å²) in [7, 11) is 0. The number of hydrogen-bond donors (Lipinski definition) is 1. The Hall–Kier alpha value is -0.770. The highest BCUT2D eigenvalue weighted by atomic mass is 16.6. The first-order valence-electron chi connectivity index (χ1n) is 4.63. The van der Waals surface area contributed by atoms with Crippen molar-refractivity contribution in [2.24, 2.45) is 0 Å². The molecule has 76 valence electrons. The van der Waals surface area contributed by atoms with Crippen molar-refractivity contribution in [3.63, 3.8) is 0 Å². The molecule has 1 aliphatic heterocycles. The Bertz CT molecular complexity index is 186. The fraction of sp³-hybridized carbons (Fsp3) is 0.889. The molecule has 0 aromatic heterocycles. The van der Waals surface area contributed by atoms with Crippen molar-refractivity contribution in [1.29, 1.82) is 0 Å². The van der Waals surface area contributed by atoms with E-state index in [1.165, 1.54) is 0 Å². The maximum atomic E-state index is 11.1. The van der Waals surface area contributed by atoms with Crippen LogP contribution in [0.4, 0.5) is 4.79 Å². The van der Waals surface area contributed by atoms with Gasteiger partial charge in [0.15, 0.2) is 0 Å². The molecule has 0 bridgehead atoms. The van der Waals surface area contributed by atoms with Gasteiger partial charge in [-0.1, -0.05) is 0 Å². The molecule has 0 unspecified atom stereocenters. The fourth-order valence-corrected chi connectivity index (χ4v) is 1.21. The molecule has 1 saturated heterocycles. The lowest BCUT2D eigenvalue weighted by molar-refractivity contribution is 0.0396. The van der Waals surface area contributed by atoms with E-state index < -0.39 is 5.60 Å². The van der Waals surface area contributed by atoms with Gasteiger partial charge in [-0.05, 0) is 26.7 Å². The zero-order valence-electron chi connectivity index (χ0n) is 8.25. The molecule has 1 rings (SSSR count). The van der Waals surface area contributed by atoms with Crippen LogP contribution in [0.3, 0.4) is 0 Å². The van der Waals surface area contributed by atoms with Gasteiger partial charge in [0.25, 0.3) is 0 Å². The molecule has 1 heterocycles. The van der Waals surface area contributed by atoms with E-state index in [9.17, 15) is 9.90 Å². The minimum atomic E-state index is -0.711. The number of nitrogens with zero attached hydrogens (tertiary/aromatic N) is 1. The van der Waals surface area contributed by atoms with Crippen LogP contribution in [0.5, 0.6) is 0 Å². The predicted octanol–water partition coefficient (Wildman–Crippen LogP) is 0.990. The summed E-state index contributed by atoms with van der Waals surface area (Å²) in [4.78, 5) is 12.8. The molecular weight excluding hydrogens is 170 g/mol. The number of rotatable bonds is 3. The van der Waals surface area contributed by atoms with Crippen LogP contribution in [0.15, 0.2) is 0 Å². The van der Waals surface area contributed by atoms with Crippen molar-refractivity contribution in [2.75, 3.05) is 19.7 Å². The second-order valence-corrected chi connectivity index (χ2v) is 4.02. The number of amides is 1. The van der Waals surface area contributed by atoms with E-state index in [2.05, 4.69) is 0 Å². The van der Waals surface area contributed by atoms with Crippen molar-refractivity contribution in [3.05, 3.63) is 0 Å². The molecule has 0 saturated carbocycles. The second-order valence-electron chi connectivity index (χ2n) is 4.02. The van der Waals surface area contributed by atoms with Crippen molar-refractivity contribution in [1.82, 2.24) is 4.90 Å². The van der Waals surface area contributed by atoms with Crippen LogP contribution in [0.1, 0.15) is 26.7 Å².